The van der Waals surface area contributed by atoms with Crippen molar-refractivity contribution < 1.29 is 23.5 Å². The first kappa shape index (κ1) is 16.7. The molecule has 1 N–H and O–H groups in total. The molecule has 0 bridgehead atoms. The number of hydrogen-bond acceptors (Lipinski definition) is 6. The second-order valence-corrected chi connectivity index (χ2v) is 6.12. The van der Waals surface area contributed by atoms with Crippen LogP contribution in [-0.4, -0.2) is 16.1 Å². The number of nitrogens with zero attached hydrogens (tertiary/aromatic N) is 2. The lowest BCUT2D eigenvalue weighted by atomic mass is 10.1. The highest BCUT2D eigenvalue weighted by molar-refractivity contribution is 5.91. The van der Waals surface area contributed by atoms with Crippen molar-refractivity contribution in [2.24, 2.45) is 0 Å². The Morgan fingerprint density at radius 3 is 2.78 bits per heavy atom. The van der Waals surface area contributed by atoms with Crippen LogP contribution >= 0.6 is 0 Å². The number of oxazole rings is 1. The largest absolute Gasteiger partial charge is 0.482 e. The van der Waals surface area contributed by atoms with Crippen molar-refractivity contribution in [3.63, 3.8) is 0 Å². The number of carboxylic acid groups (broad SMARTS) is 1. The molecule has 0 aliphatic rings. The predicted octanol–water partition coefficient (Wildman–Crippen LogP) is 4.34. The van der Waals surface area contributed by atoms with Gasteiger partial charge in [0.1, 0.15) is 28.7 Å². The van der Waals surface area contributed by atoms with Crippen LogP contribution < -0.4 is 4.74 Å². The highest BCUT2D eigenvalue weighted by atomic mass is 16.5. The molecule has 0 saturated heterocycles. The zero-order valence-electron chi connectivity index (χ0n) is 14.6. The molecule has 0 aliphatic carbocycles. The Morgan fingerprint density at radius 2 is 2.04 bits per heavy atom. The van der Waals surface area contributed by atoms with E-state index in [2.05, 4.69) is 11.1 Å². The van der Waals surface area contributed by atoms with Crippen LogP contribution in [0.2, 0.25) is 0 Å². The normalized spacial score (nSPS) is 11.0. The van der Waals surface area contributed by atoms with Gasteiger partial charge in [-0.2, -0.15) is 5.26 Å². The van der Waals surface area contributed by atoms with Gasteiger partial charge in [0.05, 0.1) is 11.1 Å². The number of carboxylic acids is 1. The SMILES string of the molecule is Cc1oc2cc(OCc3nc4ccc(C(=O)O)cc4o3)c(C#N)cc2c1C. The van der Waals surface area contributed by atoms with E-state index in [0.29, 0.717) is 28.0 Å². The molecule has 4 aromatic rings. The van der Waals surface area contributed by atoms with Gasteiger partial charge in [-0.25, -0.2) is 9.78 Å². The first-order valence-electron chi connectivity index (χ1n) is 8.15. The zero-order chi connectivity index (χ0) is 19.1. The molecule has 2 aromatic heterocycles. The second kappa shape index (κ2) is 6.18. The first-order valence-corrected chi connectivity index (χ1v) is 8.15. The quantitative estimate of drug-likeness (QED) is 0.575. The number of furan rings is 1. The van der Waals surface area contributed by atoms with Gasteiger partial charge < -0.3 is 18.7 Å². The monoisotopic (exact) mass is 362 g/mol. The van der Waals surface area contributed by atoms with Crippen molar-refractivity contribution in [2.45, 2.75) is 20.5 Å². The summed E-state index contributed by atoms with van der Waals surface area (Å²) in [7, 11) is 0. The Kier molecular flexibility index (Phi) is 3.81. The topological polar surface area (TPSA) is 109 Å². The maximum absolute atomic E-state index is 11.0. The molecule has 0 aliphatic heterocycles. The minimum absolute atomic E-state index is 0.00402. The van der Waals surface area contributed by atoms with E-state index >= 15 is 0 Å². The average molecular weight is 362 g/mol. The summed E-state index contributed by atoms with van der Waals surface area (Å²) in [5.41, 5.74) is 3.03. The number of benzene rings is 2. The Balaban J connectivity index is 1.64. The van der Waals surface area contributed by atoms with Gasteiger partial charge in [0, 0.05) is 11.5 Å². The molecule has 0 unspecified atom stereocenters. The molecule has 4 rings (SSSR count). The van der Waals surface area contributed by atoms with E-state index in [1.54, 1.807) is 18.2 Å². The number of rotatable bonds is 4. The third-order valence-corrected chi connectivity index (χ3v) is 4.43. The van der Waals surface area contributed by atoms with Crippen molar-refractivity contribution in [3.05, 3.63) is 58.7 Å². The van der Waals surface area contributed by atoms with Crippen molar-refractivity contribution in [2.75, 3.05) is 0 Å². The summed E-state index contributed by atoms with van der Waals surface area (Å²) in [6.45, 7) is 3.80. The summed E-state index contributed by atoms with van der Waals surface area (Å²) >= 11 is 0. The molecule has 0 spiro atoms. The highest BCUT2D eigenvalue weighted by Crippen LogP contribution is 2.31. The van der Waals surface area contributed by atoms with Crippen LogP contribution in [0.15, 0.2) is 39.2 Å². The van der Waals surface area contributed by atoms with Crippen LogP contribution in [0.3, 0.4) is 0 Å². The molecule has 2 heterocycles. The van der Waals surface area contributed by atoms with Gasteiger partial charge in [0.25, 0.3) is 0 Å². The van der Waals surface area contributed by atoms with Crippen LogP contribution in [0.25, 0.3) is 22.1 Å². The van der Waals surface area contributed by atoms with Gasteiger partial charge in [-0.05, 0) is 43.7 Å². The fraction of sp³-hybridized carbons (Fsp3) is 0.150. The number of hydrogen-bond donors (Lipinski definition) is 1. The number of ether oxygens (including phenoxy) is 1. The summed E-state index contributed by atoms with van der Waals surface area (Å²) < 4.78 is 17.0. The molecule has 7 heteroatoms. The Morgan fingerprint density at radius 1 is 1.22 bits per heavy atom. The van der Waals surface area contributed by atoms with E-state index in [0.717, 1.165) is 16.7 Å². The zero-order valence-corrected chi connectivity index (χ0v) is 14.6. The number of aromatic nitrogens is 1. The van der Waals surface area contributed by atoms with Crippen molar-refractivity contribution in [3.8, 4) is 11.8 Å². The maximum Gasteiger partial charge on any atom is 0.335 e. The minimum Gasteiger partial charge on any atom is -0.482 e. The number of fused-ring (bicyclic) bond motifs is 2. The van der Waals surface area contributed by atoms with E-state index in [-0.39, 0.29) is 18.1 Å². The lowest BCUT2D eigenvalue weighted by molar-refractivity contribution is 0.0697. The molecular formula is C20H14N2O5. The van der Waals surface area contributed by atoms with Crippen molar-refractivity contribution in [1.29, 1.82) is 5.26 Å². The predicted molar refractivity (Wildman–Crippen MR) is 95.7 cm³/mol. The fourth-order valence-electron chi connectivity index (χ4n) is 2.88. The molecule has 134 valence electrons. The van der Waals surface area contributed by atoms with Gasteiger partial charge in [-0.1, -0.05) is 0 Å². The Bertz CT molecular complexity index is 1240. The Labute approximate surface area is 153 Å². The lowest BCUT2D eigenvalue weighted by Crippen LogP contribution is -1.97. The van der Waals surface area contributed by atoms with E-state index in [1.165, 1.54) is 12.1 Å². The van der Waals surface area contributed by atoms with Crippen LogP contribution in [0, 0.1) is 25.2 Å². The molecule has 0 radical (unpaired) electrons. The molecular weight excluding hydrogens is 348 g/mol. The van der Waals surface area contributed by atoms with Crippen LogP contribution in [-0.2, 0) is 6.61 Å². The highest BCUT2D eigenvalue weighted by Gasteiger charge is 2.15. The number of aryl methyl sites for hydroxylation is 2. The molecule has 2 aromatic carbocycles. The molecule has 27 heavy (non-hydrogen) atoms. The van der Waals surface area contributed by atoms with Gasteiger partial charge in [0.15, 0.2) is 12.2 Å². The van der Waals surface area contributed by atoms with E-state index in [1.807, 2.05) is 13.8 Å². The van der Waals surface area contributed by atoms with Crippen LogP contribution in [0.5, 0.6) is 5.75 Å². The average Bonchev–Trinajstić information content (AvgIpc) is 3.18. The third kappa shape index (κ3) is 2.87. The van der Waals surface area contributed by atoms with Gasteiger partial charge in [0.2, 0.25) is 5.89 Å². The lowest BCUT2D eigenvalue weighted by Gasteiger charge is -2.05. The maximum atomic E-state index is 11.0. The molecule has 0 fully saturated rings. The van der Waals surface area contributed by atoms with Gasteiger partial charge in [-0.15, -0.1) is 0 Å². The summed E-state index contributed by atoms with van der Waals surface area (Å²) in [6.07, 6.45) is 0. The minimum atomic E-state index is -1.04. The fourth-order valence-corrected chi connectivity index (χ4v) is 2.88. The molecule has 0 atom stereocenters. The number of aromatic carboxylic acids is 1. The Hall–Kier alpha value is -3.79. The van der Waals surface area contributed by atoms with E-state index < -0.39 is 5.97 Å². The second-order valence-electron chi connectivity index (χ2n) is 6.12. The third-order valence-electron chi connectivity index (χ3n) is 4.43. The standard InChI is InChI=1S/C20H14N2O5/c1-10-11(2)26-17-7-16(13(8-21)5-14(10)17)25-9-19-22-15-4-3-12(20(23)24)6-18(15)27-19/h3-7H,9H2,1-2H3,(H,23,24). The van der Waals surface area contributed by atoms with Crippen LogP contribution in [0.1, 0.15) is 33.1 Å². The van der Waals surface area contributed by atoms with Gasteiger partial charge in [-0.3, -0.25) is 0 Å². The smallest absolute Gasteiger partial charge is 0.335 e. The van der Waals surface area contributed by atoms with Crippen molar-refractivity contribution >= 4 is 28.0 Å². The van der Waals surface area contributed by atoms with Crippen LogP contribution in [0.4, 0.5) is 0 Å². The molecule has 0 amide bonds. The van der Waals surface area contributed by atoms with Crippen molar-refractivity contribution in [1.82, 2.24) is 4.98 Å². The summed E-state index contributed by atoms with van der Waals surface area (Å²) in [5, 5.41) is 19.3. The summed E-state index contributed by atoms with van der Waals surface area (Å²) in [5.74, 6) is 0.400. The number of nitriles is 1. The van der Waals surface area contributed by atoms with Gasteiger partial charge >= 0.3 is 5.97 Å². The molecule has 7 nitrogen and oxygen atoms in total. The first-order chi connectivity index (χ1) is 13.0. The molecule has 0 saturated carbocycles. The van der Waals surface area contributed by atoms with E-state index in [9.17, 15) is 10.1 Å². The summed E-state index contributed by atoms with van der Waals surface area (Å²) in [4.78, 5) is 15.3. The number of carbonyl (C=O) groups is 1. The summed E-state index contributed by atoms with van der Waals surface area (Å²) in [6, 6.07) is 9.99. The van der Waals surface area contributed by atoms with E-state index in [4.69, 9.17) is 18.7 Å².